The third kappa shape index (κ3) is 4.74. The fourth-order valence-electron chi connectivity index (χ4n) is 0.540. The summed E-state index contributed by atoms with van der Waals surface area (Å²) >= 11 is 0. The topological polar surface area (TPSA) is 3.24 Å². The molecule has 0 fully saturated rings. The first-order chi connectivity index (χ1) is 3.35. The van der Waals surface area contributed by atoms with Gasteiger partial charge in [-0.25, -0.2) is 0 Å². The number of hydrogen-bond acceptors (Lipinski definition) is 1. The summed E-state index contributed by atoms with van der Waals surface area (Å²) in [6, 6.07) is 0. The smallest absolute Gasteiger partial charge is 0 e. The van der Waals surface area contributed by atoms with Crippen LogP contribution in [0.2, 0.25) is 0 Å². The SMILES string of the molecule is [CH2-]CN(CC)CC.[Zn]. The van der Waals surface area contributed by atoms with Crippen LogP contribution in [0.3, 0.4) is 0 Å². The maximum Gasteiger partial charge on any atom is 0 e. The Morgan fingerprint density at radius 1 is 1.25 bits per heavy atom. The van der Waals surface area contributed by atoms with Crippen LogP contribution in [-0.4, -0.2) is 24.5 Å². The Labute approximate surface area is 65.2 Å². The number of rotatable bonds is 3. The Hall–Kier alpha value is 0.583. The van der Waals surface area contributed by atoms with Crippen LogP contribution in [0.5, 0.6) is 0 Å². The zero-order valence-corrected chi connectivity index (χ0v) is 8.95. The van der Waals surface area contributed by atoms with Gasteiger partial charge in [0.25, 0.3) is 0 Å². The largest absolute Gasteiger partial charge is 0.333 e. The standard InChI is InChI=1S/C6H14N.Zn/c1-4-7(5-2)6-3;/h1,4-6H2,2-3H3;/q-1;. The van der Waals surface area contributed by atoms with E-state index in [1.54, 1.807) is 0 Å². The van der Waals surface area contributed by atoms with E-state index in [0.717, 1.165) is 19.6 Å². The van der Waals surface area contributed by atoms with Crippen LogP contribution in [-0.2, 0) is 19.5 Å². The first kappa shape index (κ1) is 11.4. The summed E-state index contributed by atoms with van der Waals surface area (Å²) in [4.78, 5) is 2.26. The van der Waals surface area contributed by atoms with Crippen LogP contribution in [0.4, 0.5) is 0 Å². The van der Waals surface area contributed by atoms with Gasteiger partial charge in [-0.15, -0.1) is 6.54 Å². The zero-order chi connectivity index (χ0) is 5.70. The maximum atomic E-state index is 3.75. The van der Waals surface area contributed by atoms with E-state index in [2.05, 4.69) is 25.7 Å². The van der Waals surface area contributed by atoms with E-state index >= 15 is 0 Å². The van der Waals surface area contributed by atoms with Gasteiger partial charge in [-0.3, -0.25) is 0 Å². The predicted octanol–water partition coefficient (Wildman–Crippen LogP) is 1.16. The molecule has 0 saturated carbocycles. The van der Waals surface area contributed by atoms with Crippen LogP contribution >= 0.6 is 0 Å². The molecular weight excluding hydrogens is 151 g/mol. The summed E-state index contributed by atoms with van der Waals surface area (Å²) in [6.07, 6.45) is 0. The Balaban J connectivity index is 0. The van der Waals surface area contributed by atoms with Gasteiger partial charge in [0.2, 0.25) is 0 Å². The molecule has 1 nitrogen and oxygen atoms in total. The zero-order valence-electron chi connectivity index (χ0n) is 5.98. The van der Waals surface area contributed by atoms with E-state index in [1.807, 2.05) is 0 Å². The van der Waals surface area contributed by atoms with Gasteiger partial charge in [-0.1, -0.05) is 13.8 Å². The summed E-state index contributed by atoms with van der Waals surface area (Å²) in [7, 11) is 0. The minimum Gasteiger partial charge on any atom is -0.333 e. The monoisotopic (exact) mass is 164 g/mol. The molecule has 0 amide bonds. The molecule has 0 aromatic carbocycles. The van der Waals surface area contributed by atoms with Crippen molar-refractivity contribution >= 4 is 0 Å². The van der Waals surface area contributed by atoms with E-state index in [1.165, 1.54) is 0 Å². The van der Waals surface area contributed by atoms with Crippen LogP contribution in [0.25, 0.3) is 0 Å². The number of nitrogens with zero attached hydrogens (tertiary/aromatic N) is 1. The molecule has 0 aliphatic heterocycles. The Bertz CT molecular complexity index is 30.0. The van der Waals surface area contributed by atoms with Gasteiger partial charge in [-0.05, 0) is 13.1 Å². The van der Waals surface area contributed by atoms with Gasteiger partial charge in [0.15, 0.2) is 0 Å². The molecule has 0 atom stereocenters. The van der Waals surface area contributed by atoms with E-state index in [9.17, 15) is 0 Å². The van der Waals surface area contributed by atoms with Crippen molar-refractivity contribution in [3.8, 4) is 0 Å². The van der Waals surface area contributed by atoms with Crippen molar-refractivity contribution in [3.05, 3.63) is 6.92 Å². The van der Waals surface area contributed by atoms with Crippen molar-refractivity contribution in [1.29, 1.82) is 0 Å². The molecule has 0 aliphatic rings. The molecule has 0 N–H and O–H groups in total. The van der Waals surface area contributed by atoms with Gasteiger partial charge >= 0.3 is 0 Å². The maximum absolute atomic E-state index is 3.75. The Morgan fingerprint density at radius 3 is 1.62 bits per heavy atom. The third-order valence-corrected chi connectivity index (χ3v) is 1.21. The molecule has 0 heterocycles. The molecule has 0 spiro atoms. The van der Waals surface area contributed by atoms with Gasteiger partial charge in [-0.2, -0.15) is 0 Å². The minimum atomic E-state index is 0. The molecule has 0 radical (unpaired) electrons. The summed E-state index contributed by atoms with van der Waals surface area (Å²) in [5.74, 6) is 0. The van der Waals surface area contributed by atoms with Gasteiger partial charge < -0.3 is 11.8 Å². The molecule has 0 aliphatic carbocycles. The molecule has 0 bridgehead atoms. The van der Waals surface area contributed by atoms with Gasteiger partial charge in [0.05, 0.1) is 0 Å². The van der Waals surface area contributed by atoms with Crippen molar-refractivity contribution in [2.75, 3.05) is 19.6 Å². The second-order valence-corrected chi connectivity index (χ2v) is 1.53. The van der Waals surface area contributed by atoms with Crippen molar-refractivity contribution in [3.63, 3.8) is 0 Å². The average Bonchev–Trinajstić information content (AvgIpc) is 1.72. The Kier molecular flexibility index (Phi) is 10.8. The van der Waals surface area contributed by atoms with Crippen LogP contribution in [0.1, 0.15) is 13.8 Å². The molecule has 2 heteroatoms. The third-order valence-electron chi connectivity index (χ3n) is 1.21. The fraction of sp³-hybridized carbons (Fsp3) is 0.833. The summed E-state index contributed by atoms with van der Waals surface area (Å²) < 4.78 is 0. The predicted molar refractivity (Wildman–Crippen MR) is 33.1 cm³/mol. The summed E-state index contributed by atoms with van der Waals surface area (Å²) in [5.41, 5.74) is 0. The molecule has 46 valence electrons. The van der Waals surface area contributed by atoms with Crippen LogP contribution in [0.15, 0.2) is 0 Å². The van der Waals surface area contributed by atoms with Crippen molar-refractivity contribution < 1.29 is 19.5 Å². The van der Waals surface area contributed by atoms with Crippen LogP contribution in [0, 0.1) is 6.92 Å². The number of hydrogen-bond donors (Lipinski definition) is 0. The van der Waals surface area contributed by atoms with E-state index < -0.39 is 0 Å². The van der Waals surface area contributed by atoms with Crippen molar-refractivity contribution in [2.45, 2.75) is 13.8 Å². The summed E-state index contributed by atoms with van der Waals surface area (Å²) in [5, 5.41) is 0. The quantitative estimate of drug-likeness (QED) is 0.448. The molecule has 8 heavy (non-hydrogen) atoms. The molecule has 0 aromatic heterocycles. The van der Waals surface area contributed by atoms with E-state index in [-0.39, 0.29) is 19.5 Å². The fourth-order valence-corrected chi connectivity index (χ4v) is 0.540. The Morgan fingerprint density at radius 2 is 1.62 bits per heavy atom. The molecule has 0 aromatic rings. The van der Waals surface area contributed by atoms with E-state index in [0.29, 0.717) is 0 Å². The normalized spacial score (nSPS) is 9.00. The summed E-state index contributed by atoms with van der Waals surface area (Å²) in [6.45, 7) is 11.2. The molecule has 0 rings (SSSR count). The first-order valence-corrected chi connectivity index (χ1v) is 2.86. The molecule has 0 saturated heterocycles. The second kappa shape index (κ2) is 7.58. The van der Waals surface area contributed by atoms with Gasteiger partial charge in [0, 0.05) is 19.5 Å². The van der Waals surface area contributed by atoms with Gasteiger partial charge in [0.1, 0.15) is 0 Å². The van der Waals surface area contributed by atoms with Crippen molar-refractivity contribution in [2.24, 2.45) is 0 Å². The second-order valence-electron chi connectivity index (χ2n) is 1.53. The van der Waals surface area contributed by atoms with Crippen LogP contribution < -0.4 is 0 Å². The molecule has 0 unspecified atom stereocenters. The first-order valence-electron chi connectivity index (χ1n) is 2.86. The molecular formula is C6H14NZn-. The average molecular weight is 166 g/mol. The van der Waals surface area contributed by atoms with E-state index in [4.69, 9.17) is 0 Å². The minimum absolute atomic E-state index is 0. The van der Waals surface area contributed by atoms with Crippen molar-refractivity contribution in [1.82, 2.24) is 4.90 Å².